The van der Waals surface area contributed by atoms with Gasteiger partial charge in [-0.2, -0.15) is 0 Å². The summed E-state index contributed by atoms with van der Waals surface area (Å²) in [6.07, 6.45) is 1.12. The lowest BCUT2D eigenvalue weighted by Gasteiger charge is -2.05. The number of fused-ring (bicyclic) bond motifs is 1. The molecular weight excluding hydrogens is 416 g/mol. The molecule has 0 radical (unpaired) electrons. The van der Waals surface area contributed by atoms with Gasteiger partial charge in [-0.05, 0) is 36.2 Å². The Morgan fingerprint density at radius 1 is 1.03 bits per heavy atom. The predicted molar refractivity (Wildman–Crippen MR) is 120 cm³/mol. The van der Waals surface area contributed by atoms with Crippen molar-refractivity contribution in [1.82, 2.24) is 19.1 Å². The molecule has 8 heteroatoms. The van der Waals surface area contributed by atoms with Crippen molar-refractivity contribution < 1.29 is 4.79 Å². The fraction of sp³-hybridized carbons (Fsp3) is 0.217. The molecule has 0 spiro atoms. The Kier molecular flexibility index (Phi) is 5.61. The zero-order valence-electron chi connectivity index (χ0n) is 17.2. The zero-order valence-corrected chi connectivity index (χ0v) is 17.9. The molecule has 1 N–H and O–H groups in total. The van der Waals surface area contributed by atoms with Crippen LogP contribution in [0.3, 0.4) is 0 Å². The summed E-state index contributed by atoms with van der Waals surface area (Å²) in [6, 6.07) is 14.0. The van der Waals surface area contributed by atoms with Gasteiger partial charge in [0.2, 0.25) is 0 Å². The number of aromatic amines is 1. The number of nitrogens with one attached hydrogen (secondary N) is 1. The highest BCUT2D eigenvalue weighted by Gasteiger charge is 2.15. The van der Waals surface area contributed by atoms with Crippen LogP contribution in [0.25, 0.3) is 11.2 Å². The number of hydrogen-bond acceptors (Lipinski definition) is 4. The van der Waals surface area contributed by atoms with E-state index < -0.39 is 0 Å². The van der Waals surface area contributed by atoms with Crippen LogP contribution >= 0.6 is 11.6 Å². The number of H-pyrrole nitrogens is 1. The maximum Gasteiger partial charge on any atom is 0.332 e. The number of ketones is 1. The Balaban J connectivity index is 1.61. The van der Waals surface area contributed by atoms with E-state index in [9.17, 15) is 14.4 Å². The number of aryl methyl sites for hydroxylation is 1. The first-order valence-electron chi connectivity index (χ1n) is 9.96. The first-order chi connectivity index (χ1) is 14.9. The van der Waals surface area contributed by atoms with Gasteiger partial charge in [-0.1, -0.05) is 42.8 Å². The Morgan fingerprint density at radius 2 is 1.65 bits per heavy atom. The van der Waals surface area contributed by atoms with Gasteiger partial charge < -0.3 is 4.98 Å². The van der Waals surface area contributed by atoms with Crippen molar-refractivity contribution in [2.75, 3.05) is 0 Å². The summed E-state index contributed by atoms with van der Waals surface area (Å²) in [6.45, 7) is 2.27. The molecule has 0 atom stereocenters. The number of halogens is 1. The van der Waals surface area contributed by atoms with E-state index in [0.29, 0.717) is 52.5 Å². The quantitative estimate of drug-likeness (QED) is 0.469. The van der Waals surface area contributed by atoms with Crippen LogP contribution in [0.5, 0.6) is 0 Å². The Hall–Kier alpha value is -3.45. The number of nitrogens with zero attached hydrogens (tertiary/aromatic N) is 3. The minimum atomic E-state index is -0.373. The van der Waals surface area contributed by atoms with E-state index in [-0.39, 0.29) is 17.0 Å². The van der Waals surface area contributed by atoms with Crippen molar-refractivity contribution in [3.8, 4) is 0 Å². The number of carbonyl (C=O) groups excluding carboxylic acids is 1. The van der Waals surface area contributed by atoms with Crippen molar-refractivity contribution >= 4 is 28.5 Å². The van der Waals surface area contributed by atoms with E-state index in [2.05, 4.69) is 9.97 Å². The van der Waals surface area contributed by atoms with Gasteiger partial charge in [-0.25, -0.2) is 9.78 Å². The second kappa shape index (κ2) is 8.35. The molecule has 0 fully saturated rings. The Morgan fingerprint density at radius 3 is 2.26 bits per heavy atom. The lowest BCUT2D eigenvalue weighted by molar-refractivity contribution is 0.103. The van der Waals surface area contributed by atoms with Gasteiger partial charge in [0.05, 0.1) is 0 Å². The van der Waals surface area contributed by atoms with Crippen LogP contribution in [0.2, 0.25) is 5.02 Å². The van der Waals surface area contributed by atoms with Crippen molar-refractivity contribution in [3.63, 3.8) is 0 Å². The summed E-state index contributed by atoms with van der Waals surface area (Å²) in [5, 5.41) is 0.580. The maximum atomic E-state index is 12.7. The molecule has 158 valence electrons. The van der Waals surface area contributed by atoms with Gasteiger partial charge >= 0.3 is 5.69 Å². The topological polar surface area (TPSA) is 89.8 Å². The number of imidazole rings is 1. The molecule has 2 aromatic carbocycles. The predicted octanol–water partition coefficient (Wildman–Crippen LogP) is 3.31. The van der Waals surface area contributed by atoms with Crippen molar-refractivity contribution in [3.05, 3.63) is 96.9 Å². The van der Waals surface area contributed by atoms with E-state index in [0.717, 1.165) is 5.56 Å². The molecule has 0 aliphatic rings. The minimum absolute atomic E-state index is 0.0848. The average Bonchev–Trinajstić information content (AvgIpc) is 3.20. The van der Waals surface area contributed by atoms with Gasteiger partial charge in [-0.15, -0.1) is 0 Å². The molecule has 31 heavy (non-hydrogen) atoms. The fourth-order valence-corrected chi connectivity index (χ4v) is 3.66. The molecule has 0 bridgehead atoms. The van der Waals surface area contributed by atoms with Crippen LogP contribution in [-0.4, -0.2) is 24.9 Å². The summed E-state index contributed by atoms with van der Waals surface area (Å²) >= 11 is 5.88. The van der Waals surface area contributed by atoms with Crippen molar-refractivity contribution in [2.45, 2.75) is 26.3 Å². The molecule has 0 aliphatic carbocycles. The highest BCUT2D eigenvalue weighted by molar-refractivity contribution is 6.30. The monoisotopic (exact) mass is 436 g/mol. The molecule has 0 amide bonds. The molecule has 7 nitrogen and oxygen atoms in total. The summed E-state index contributed by atoms with van der Waals surface area (Å²) in [7, 11) is 1.61. The summed E-state index contributed by atoms with van der Waals surface area (Å²) < 4.78 is 2.61. The Bertz CT molecular complexity index is 1380. The zero-order chi connectivity index (χ0) is 22.1. The van der Waals surface area contributed by atoms with E-state index in [1.54, 1.807) is 43.4 Å². The molecule has 2 heterocycles. The van der Waals surface area contributed by atoms with Crippen LogP contribution in [0.15, 0.2) is 58.1 Å². The highest BCUT2D eigenvalue weighted by atomic mass is 35.5. The largest absolute Gasteiger partial charge is 0.336 e. The first kappa shape index (κ1) is 20.8. The molecule has 0 saturated carbocycles. The van der Waals surface area contributed by atoms with Gasteiger partial charge in [0.15, 0.2) is 11.4 Å². The highest BCUT2D eigenvalue weighted by Crippen LogP contribution is 2.16. The third kappa shape index (κ3) is 3.96. The van der Waals surface area contributed by atoms with Crippen LogP contribution in [-0.2, 0) is 20.0 Å². The molecule has 0 aliphatic heterocycles. The molecule has 2 aromatic heterocycles. The van der Waals surface area contributed by atoms with Crippen molar-refractivity contribution in [1.29, 1.82) is 0 Å². The lowest BCUT2D eigenvalue weighted by Crippen LogP contribution is -2.39. The lowest BCUT2D eigenvalue weighted by atomic mass is 10.0. The molecular formula is C23H21ClN4O3. The number of hydrogen-bond donors (Lipinski definition) is 1. The standard InChI is InChI=1S/C23H21ClN4O3/c1-3-12-28-22(30)19-21(27(2)23(28)31)26-18(25-19)13-14-4-6-15(7-5-14)20(29)16-8-10-17(24)11-9-16/h4-11H,3,12-13H2,1-2H3,(H,25,26). The molecule has 0 saturated heterocycles. The van der Waals surface area contributed by atoms with Crippen LogP contribution < -0.4 is 11.2 Å². The van der Waals surface area contributed by atoms with E-state index in [4.69, 9.17) is 11.6 Å². The van der Waals surface area contributed by atoms with E-state index in [1.165, 1.54) is 9.13 Å². The average molecular weight is 437 g/mol. The van der Waals surface area contributed by atoms with Crippen molar-refractivity contribution in [2.24, 2.45) is 7.05 Å². The summed E-state index contributed by atoms with van der Waals surface area (Å²) in [5.41, 5.74) is 1.99. The number of carbonyl (C=O) groups is 1. The van der Waals surface area contributed by atoms with Crippen LogP contribution in [0.1, 0.15) is 40.7 Å². The molecule has 4 aromatic rings. The van der Waals surface area contributed by atoms with Gasteiger partial charge in [-0.3, -0.25) is 18.7 Å². The summed E-state index contributed by atoms with van der Waals surface area (Å²) in [4.78, 5) is 45.2. The van der Waals surface area contributed by atoms with Crippen LogP contribution in [0.4, 0.5) is 0 Å². The fourth-order valence-electron chi connectivity index (χ4n) is 3.54. The third-order valence-electron chi connectivity index (χ3n) is 5.17. The normalized spacial score (nSPS) is 11.2. The van der Waals surface area contributed by atoms with Gasteiger partial charge in [0, 0.05) is 36.2 Å². The maximum absolute atomic E-state index is 12.7. The first-order valence-corrected chi connectivity index (χ1v) is 10.3. The van der Waals surface area contributed by atoms with Crippen LogP contribution in [0, 0.1) is 0 Å². The summed E-state index contributed by atoms with van der Waals surface area (Å²) in [5.74, 6) is 0.492. The number of aromatic nitrogens is 4. The smallest absolute Gasteiger partial charge is 0.332 e. The van der Waals surface area contributed by atoms with E-state index >= 15 is 0 Å². The van der Waals surface area contributed by atoms with E-state index in [1.807, 2.05) is 19.1 Å². The molecule has 0 unspecified atom stereocenters. The number of rotatable bonds is 6. The third-order valence-corrected chi connectivity index (χ3v) is 5.42. The second-order valence-electron chi connectivity index (χ2n) is 7.39. The SMILES string of the molecule is CCCn1c(=O)c2[nH]c(Cc3ccc(C(=O)c4ccc(Cl)cc4)cc3)nc2n(C)c1=O. The number of benzene rings is 2. The Labute approximate surface area is 182 Å². The van der Waals surface area contributed by atoms with Gasteiger partial charge in [0.1, 0.15) is 11.3 Å². The molecule has 4 rings (SSSR count). The van der Waals surface area contributed by atoms with Gasteiger partial charge in [0.25, 0.3) is 5.56 Å². The minimum Gasteiger partial charge on any atom is -0.336 e. The second-order valence-corrected chi connectivity index (χ2v) is 7.83.